The molecule has 1 saturated heterocycles. The Hall–Kier alpha value is -1.78. The fraction of sp³-hybridized carbons (Fsp3) is 0.350. The Bertz CT molecular complexity index is 960. The Labute approximate surface area is 175 Å². The molecule has 3 heterocycles. The molecule has 29 heavy (non-hydrogen) atoms. The number of furan rings is 1. The molecule has 2 aromatic heterocycles. The molecule has 0 unspecified atom stereocenters. The number of ether oxygens (including phenoxy) is 1. The van der Waals surface area contributed by atoms with Crippen LogP contribution in [0, 0.1) is 0 Å². The number of nitrogens with zero attached hydrogens (tertiary/aromatic N) is 1. The Morgan fingerprint density at radius 3 is 2.66 bits per heavy atom. The molecule has 0 aliphatic carbocycles. The van der Waals surface area contributed by atoms with Crippen molar-refractivity contribution >= 4 is 22.9 Å². The largest absolute Gasteiger partial charge is 0.472 e. The molecule has 5 atom stereocenters. The van der Waals surface area contributed by atoms with Crippen LogP contribution in [0.25, 0.3) is 10.6 Å². The second kappa shape index (κ2) is 8.53. The van der Waals surface area contributed by atoms with Crippen LogP contribution in [-0.4, -0.2) is 56.4 Å². The summed E-state index contributed by atoms with van der Waals surface area (Å²) in [6.07, 6.45) is -0.477. The van der Waals surface area contributed by atoms with Gasteiger partial charge in [-0.15, -0.1) is 11.3 Å². The summed E-state index contributed by atoms with van der Waals surface area (Å²) in [5.74, 6) is 0. The maximum Gasteiger partial charge on any atom is 0.126 e. The van der Waals surface area contributed by atoms with Crippen molar-refractivity contribution in [3.05, 3.63) is 64.0 Å². The van der Waals surface area contributed by atoms with Gasteiger partial charge in [0.1, 0.15) is 41.8 Å². The van der Waals surface area contributed by atoms with Crippen LogP contribution >= 0.6 is 22.9 Å². The maximum absolute atomic E-state index is 10.4. The molecule has 1 aliphatic heterocycles. The van der Waals surface area contributed by atoms with Crippen LogP contribution in [0.15, 0.2) is 47.4 Å². The first kappa shape index (κ1) is 20.5. The number of thiazole rings is 1. The molecular formula is C20H20ClNO6S. The molecule has 7 nitrogen and oxygen atoms in total. The van der Waals surface area contributed by atoms with E-state index in [4.69, 9.17) is 20.8 Å². The number of rotatable bonds is 5. The molecule has 4 N–H and O–H groups in total. The second-order valence-corrected chi connectivity index (χ2v) is 8.44. The second-order valence-electron chi connectivity index (χ2n) is 6.92. The smallest absolute Gasteiger partial charge is 0.126 e. The van der Waals surface area contributed by atoms with E-state index < -0.39 is 37.1 Å². The van der Waals surface area contributed by atoms with Crippen LogP contribution in [0.1, 0.15) is 22.1 Å². The first-order valence-corrected chi connectivity index (χ1v) is 10.2. The van der Waals surface area contributed by atoms with Crippen LogP contribution in [0.5, 0.6) is 0 Å². The van der Waals surface area contributed by atoms with Crippen molar-refractivity contribution in [3.8, 4) is 10.6 Å². The molecular weight excluding hydrogens is 418 g/mol. The van der Waals surface area contributed by atoms with E-state index in [1.165, 1.54) is 11.3 Å². The van der Waals surface area contributed by atoms with Gasteiger partial charge in [-0.1, -0.05) is 23.7 Å². The highest BCUT2D eigenvalue weighted by Gasteiger charge is 2.44. The van der Waals surface area contributed by atoms with E-state index in [0.29, 0.717) is 17.0 Å². The Morgan fingerprint density at radius 2 is 1.93 bits per heavy atom. The third-order valence-corrected chi connectivity index (χ3v) is 6.39. The van der Waals surface area contributed by atoms with Gasteiger partial charge in [0.25, 0.3) is 0 Å². The summed E-state index contributed by atoms with van der Waals surface area (Å²) >= 11 is 7.90. The molecule has 0 radical (unpaired) electrons. The highest BCUT2D eigenvalue weighted by Crippen LogP contribution is 2.35. The van der Waals surface area contributed by atoms with Crippen LogP contribution in [0.4, 0.5) is 0 Å². The van der Waals surface area contributed by atoms with Gasteiger partial charge in [0.15, 0.2) is 0 Å². The quantitative estimate of drug-likeness (QED) is 0.483. The van der Waals surface area contributed by atoms with E-state index in [-0.39, 0.29) is 0 Å². The summed E-state index contributed by atoms with van der Waals surface area (Å²) < 4.78 is 10.7. The SMILES string of the molecule is OC[C@H]1O[C@@H](c2ccc(Cl)c(Cc3cnc(-c4ccoc4)s3)c2)[C@H](O)[C@@H](O)[C@@H]1O. The van der Waals surface area contributed by atoms with Gasteiger partial charge in [-0.2, -0.15) is 0 Å². The van der Waals surface area contributed by atoms with Gasteiger partial charge in [0.05, 0.1) is 12.9 Å². The normalized spacial score (nSPS) is 27.3. The van der Waals surface area contributed by atoms with Crippen molar-refractivity contribution in [2.75, 3.05) is 6.61 Å². The van der Waals surface area contributed by atoms with Crippen LogP contribution < -0.4 is 0 Å². The van der Waals surface area contributed by atoms with Gasteiger partial charge < -0.3 is 29.6 Å². The average Bonchev–Trinajstić information content (AvgIpc) is 3.40. The first-order chi connectivity index (χ1) is 14.0. The molecule has 0 spiro atoms. The number of aromatic nitrogens is 1. The lowest BCUT2D eigenvalue weighted by Gasteiger charge is -2.40. The minimum Gasteiger partial charge on any atom is -0.472 e. The minimum absolute atomic E-state index is 0.473. The summed E-state index contributed by atoms with van der Waals surface area (Å²) in [4.78, 5) is 5.40. The van der Waals surface area contributed by atoms with Crippen LogP contribution in [0.2, 0.25) is 5.02 Å². The van der Waals surface area contributed by atoms with Crippen molar-refractivity contribution in [2.45, 2.75) is 36.9 Å². The van der Waals surface area contributed by atoms with E-state index in [1.807, 2.05) is 6.07 Å². The highest BCUT2D eigenvalue weighted by molar-refractivity contribution is 7.15. The molecule has 154 valence electrons. The highest BCUT2D eigenvalue weighted by atomic mass is 35.5. The molecule has 0 saturated carbocycles. The maximum atomic E-state index is 10.4. The predicted octanol–water partition coefficient (Wildman–Crippen LogP) is 2.16. The predicted molar refractivity (Wildman–Crippen MR) is 107 cm³/mol. The van der Waals surface area contributed by atoms with Gasteiger partial charge in [-0.3, -0.25) is 0 Å². The fourth-order valence-electron chi connectivity index (χ4n) is 3.38. The Morgan fingerprint density at radius 1 is 1.10 bits per heavy atom. The fourth-order valence-corrected chi connectivity index (χ4v) is 4.49. The molecule has 3 aromatic rings. The lowest BCUT2D eigenvalue weighted by molar-refractivity contribution is -0.231. The average molecular weight is 438 g/mol. The van der Waals surface area contributed by atoms with E-state index in [9.17, 15) is 20.4 Å². The lowest BCUT2D eigenvalue weighted by atomic mass is 9.90. The zero-order valence-corrected chi connectivity index (χ0v) is 16.8. The number of aliphatic hydroxyl groups is 4. The van der Waals surface area contributed by atoms with Gasteiger partial charge in [-0.25, -0.2) is 4.98 Å². The topological polar surface area (TPSA) is 116 Å². The molecule has 9 heteroatoms. The zero-order chi connectivity index (χ0) is 20.5. The Balaban J connectivity index is 1.58. The number of benzene rings is 1. The monoisotopic (exact) mass is 437 g/mol. The van der Waals surface area contributed by atoms with E-state index in [1.54, 1.807) is 36.9 Å². The summed E-state index contributed by atoms with van der Waals surface area (Å²) in [5, 5.41) is 41.2. The zero-order valence-electron chi connectivity index (χ0n) is 15.2. The summed E-state index contributed by atoms with van der Waals surface area (Å²) in [6, 6.07) is 7.04. The number of aliphatic hydroxyl groups excluding tert-OH is 4. The summed E-state index contributed by atoms with van der Waals surface area (Å²) in [7, 11) is 0. The van der Waals surface area contributed by atoms with E-state index >= 15 is 0 Å². The number of hydrogen-bond donors (Lipinski definition) is 4. The number of hydrogen-bond acceptors (Lipinski definition) is 8. The molecule has 1 aromatic carbocycles. The minimum atomic E-state index is -1.43. The van der Waals surface area contributed by atoms with Crippen LogP contribution in [-0.2, 0) is 11.2 Å². The van der Waals surface area contributed by atoms with Gasteiger partial charge >= 0.3 is 0 Å². The van der Waals surface area contributed by atoms with Crippen molar-refractivity contribution in [2.24, 2.45) is 0 Å². The van der Waals surface area contributed by atoms with Crippen LogP contribution in [0.3, 0.4) is 0 Å². The Kier molecular flexibility index (Phi) is 6.03. The van der Waals surface area contributed by atoms with Crippen molar-refractivity contribution in [1.29, 1.82) is 0 Å². The number of halogens is 1. The standard InChI is InChI=1S/C20H20ClNO6S/c21-14-2-1-10(19-18(26)17(25)16(24)15(8-23)28-19)5-12(14)6-13-7-22-20(29-13)11-3-4-27-9-11/h1-5,7,9,15-19,23-26H,6,8H2/t15-,16-,17+,18-,19+/m1/s1. The van der Waals surface area contributed by atoms with Crippen molar-refractivity contribution in [3.63, 3.8) is 0 Å². The van der Waals surface area contributed by atoms with E-state index in [2.05, 4.69) is 4.98 Å². The molecule has 0 amide bonds. The third kappa shape index (κ3) is 4.10. The molecule has 1 aliphatic rings. The third-order valence-electron chi connectivity index (χ3n) is 4.98. The summed E-state index contributed by atoms with van der Waals surface area (Å²) in [5.41, 5.74) is 2.31. The van der Waals surface area contributed by atoms with E-state index in [0.717, 1.165) is 21.0 Å². The van der Waals surface area contributed by atoms with Gasteiger partial charge in [0.2, 0.25) is 0 Å². The van der Waals surface area contributed by atoms with Crippen molar-refractivity contribution < 1.29 is 29.6 Å². The lowest BCUT2D eigenvalue weighted by Crippen LogP contribution is -2.55. The first-order valence-electron chi connectivity index (χ1n) is 9.04. The molecule has 4 rings (SSSR count). The molecule has 0 bridgehead atoms. The molecule has 1 fully saturated rings. The van der Waals surface area contributed by atoms with Gasteiger partial charge in [0, 0.05) is 28.1 Å². The van der Waals surface area contributed by atoms with Crippen molar-refractivity contribution in [1.82, 2.24) is 4.98 Å². The van der Waals surface area contributed by atoms with Gasteiger partial charge in [-0.05, 0) is 23.3 Å². The summed E-state index contributed by atoms with van der Waals surface area (Å²) in [6.45, 7) is -0.473.